The molecule has 3 N–H and O–H groups in total. The van der Waals surface area contributed by atoms with Crippen molar-refractivity contribution in [3.63, 3.8) is 0 Å². The number of nitrogens with two attached hydrogens (primary N) is 1. The lowest BCUT2D eigenvalue weighted by Crippen LogP contribution is -2.37. The summed E-state index contributed by atoms with van der Waals surface area (Å²) < 4.78 is 7.61. The van der Waals surface area contributed by atoms with Crippen molar-refractivity contribution >= 4 is 17.3 Å². The molecule has 0 radical (unpaired) electrons. The number of anilines is 2. The van der Waals surface area contributed by atoms with E-state index in [0.29, 0.717) is 17.9 Å². The van der Waals surface area contributed by atoms with Crippen LogP contribution in [0.25, 0.3) is 5.65 Å². The molecule has 9 heteroatoms. The monoisotopic (exact) mass is 452 g/mol. The van der Waals surface area contributed by atoms with Gasteiger partial charge in [0.2, 0.25) is 0 Å². The van der Waals surface area contributed by atoms with Gasteiger partial charge in [-0.2, -0.15) is 4.98 Å². The van der Waals surface area contributed by atoms with Crippen LogP contribution < -0.4 is 20.7 Å². The number of nitrogens with one attached hydrogen (secondary N) is 1. The van der Waals surface area contributed by atoms with Crippen LogP contribution in [0.1, 0.15) is 56.4 Å². The van der Waals surface area contributed by atoms with Crippen molar-refractivity contribution in [2.75, 3.05) is 37.3 Å². The first-order valence-electron chi connectivity index (χ1n) is 12.0. The van der Waals surface area contributed by atoms with Gasteiger partial charge in [-0.15, -0.1) is 5.10 Å². The Hall–Kier alpha value is -2.94. The highest BCUT2D eigenvalue weighted by molar-refractivity contribution is 5.60. The zero-order chi connectivity index (χ0) is 23.4. The van der Waals surface area contributed by atoms with Gasteiger partial charge in [-0.3, -0.25) is 0 Å². The Morgan fingerprint density at radius 2 is 2.03 bits per heavy atom. The molecule has 0 aliphatic carbocycles. The van der Waals surface area contributed by atoms with Crippen molar-refractivity contribution in [1.82, 2.24) is 29.9 Å². The Morgan fingerprint density at radius 3 is 2.73 bits per heavy atom. The van der Waals surface area contributed by atoms with Crippen LogP contribution in [0.15, 0.2) is 18.5 Å². The van der Waals surface area contributed by atoms with E-state index in [-0.39, 0.29) is 12.1 Å². The number of imidazole rings is 1. The van der Waals surface area contributed by atoms with E-state index in [4.69, 9.17) is 15.5 Å². The summed E-state index contributed by atoms with van der Waals surface area (Å²) in [7, 11) is 2.03. The lowest BCUT2D eigenvalue weighted by Gasteiger charge is -2.33. The molecule has 3 aromatic rings. The molecule has 0 unspecified atom stereocenters. The van der Waals surface area contributed by atoms with Crippen LogP contribution in [0.2, 0.25) is 0 Å². The Balaban J connectivity index is 1.50. The number of piperidine rings is 1. The van der Waals surface area contributed by atoms with Crippen molar-refractivity contribution in [2.24, 2.45) is 5.92 Å². The number of ether oxygens (including phenoxy) is 1. The molecule has 0 aromatic carbocycles. The summed E-state index contributed by atoms with van der Waals surface area (Å²) in [5, 5.41) is 7.86. The largest absolute Gasteiger partial charge is 0.459 e. The standard InChI is InChI=1S/C24H36N8O/c1-5-6-17(3)33-24-29-21(25)23-28-15-20(32(23)30-24)12-19-11-16(2)22(27-14-19)31-9-7-18(8-10-31)13-26-4/h11,14-15,17-18,26H,5-10,12-13H2,1-4H3,(H2,25,29,30)/t17-/m0/s1. The van der Waals surface area contributed by atoms with Gasteiger partial charge in [0.25, 0.3) is 0 Å². The number of hydrogen-bond acceptors (Lipinski definition) is 8. The van der Waals surface area contributed by atoms with Crippen molar-refractivity contribution in [3.8, 4) is 6.01 Å². The van der Waals surface area contributed by atoms with Crippen molar-refractivity contribution in [1.29, 1.82) is 0 Å². The van der Waals surface area contributed by atoms with Crippen LogP contribution >= 0.6 is 0 Å². The second-order valence-electron chi connectivity index (χ2n) is 9.13. The fourth-order valence-electron chi connectivity index (χ4n) is 4.64. The number of fused-ring (bicyclic) bond motifs is 1. The zero-order valence-electron chi connectivity index (χ0n) is 20.2. The second kappa shape index (κ2) is 10.3. The Kier molecular flexibility index (Phi) is 7.27. The highest BCUT2D eigenvalue weighted by Crippen LogP contribution is 2.25. The highest BCUT2D eigenvalue weighted by Gasteiger charge is 2.21. The van der Waals surface area contributed by atoms with Crippen LogP contribution in [0.3, 0.4) is 0 Å². The molecule has 1 saturated heterocycles. The maximum absolute atomic E-state index is 6.13. The van der Waals surface area contributed by atoms with Crippen molar-refractivity contribution in [3.05, 3.63) is 35.3 Å². The lowest BCUT2D eigenvalue weighted by molar-refractivity contribution is 0.189. The first-order chi connectivity index (χ1) is 16.0. The third-order valence-corrected chi connectivity index (χ3v) is 6.34. The summed E-state index contributed by atoms with van der Waals surface area (Å²) in [5.74, 6) is 2.17. The highest BCUT2D eigenvalue weighted by atomic mass is 16.5. The minimum atomic E-state index is 0.0292. The molecule has 4 heterocycles. The molecule has 178 valence electrons. The lowest BCUT2D eigenvalue weighted by atomic mass is 9.96. The van der Waals surface area contributed by atoms with E-state index in [0.717, 1.165) is 55.5 Å². The summed E-state index contributed by atoms with van der Waals surface area (Å²) in [6.45, 7) is 9.49. The Bertz CT molecular complexity index is 1070. The number of rotatable bonds is 9. The van der Waals surface area contributed by atoms with Crippen LogP contribution in [0.5, 0.6) is 6.01 Å². The van der Waals surface area contributed by atoms with Crippen LogP contribution in [0, 0.1) is 12.8 Å². The van der Waals surface area contributed by atoms with Gasteiger partial charge in [-0.1, -0.05) is 19.4 Å². The molecule has 9 nitrogen and oxygen atoms in total. The third-order valence-electron chi connectivity index (χ3n) is 6.34. The summed E-state index contributed by atoms with van der Waals surface area (Å²) in [6, 6.07) is 2.50. The number of pyridine rings is 1. The van der Waals surface area contributed by atoms with Gasteiger partial charge in [0.05, 0.1) is 18.0 Å². The number of aryl methyl sites for hydroxylation is 1. The molecule has 4 rings (SSSR count). The first-order valence-corrected chi connectivity index (χ1v) is 12.0. The van der Waals surface area contributed by atoms with Crippen molar-refractivity contribution in [2.45, 2.75) is 59.0 Å². The van der Waals surface area contributed by atoms with E-state index >= 15 is 0 Å². The van der Waals surface area contributed by atoms with Crippen LogP contribution in [-0.4, -0.2) is 57.4 Å². The molecule has 3 aromatic heterocycles. The Morgan fingerprint density at radius 1 is 1.24 bits per heavy atom. The molecule has 1 aliphatic heterocycles. The molecule has 0 bridgehead atoms. The van der Waals surface area contributed by atoms with Gasteiger partial charge in [0, 0.05) is 25.7 Å². The average Bonchev–Trinajstić information content (AvgIpc) is 3.18. The van der Waals surface area contributed by atoms with E-state index in [1.54, 1.807) is 10.7 Å². The summed E-state index contributed by atoms with van der Waals surface area (Å²) in [6.07, 6.45) is 8.82. The fraction of sp³-hybridized carbons (Fsp3) is 0.583. The number of hydrogen-bond donors (Lipinski definition) is 2. The van der Waals surface area contributed by atoms with Crippen LogP contribution in [0.4, 0.5) is 11.6 Å². The smallest absolute Gasteiger partial charge is 0.336 e. The first kappa shape index (κ1) is 23.2. The van der Waals surface area contributed by atoms with Crippen molar-refractivity contribution < 1.29 is 4.74 Å². The SMILES string of the molecule is CCC[C@H](C)Oc1nc(N)c2ncc(Cc3cnc(N4CCC(CNC)CC4)c(C)c3)n2n1. The zero-order valence-corrected chi connectivity index (χ0v) is 20.2. The quantitative estimate of drug-likeness (QED) is 0.510. The van der Waals surface area contributed by atoms with E-state index < -0.39 is 0 Å². The minimum Gasteiger partial charge on any atom is -0.459 e. The van der Waals surface area contributed by atoms with Gasteiger partial charge in [0.15, 0.2) is 11.5 Å². The van der Waals surface area contributed by atoms with Gasteiger partial charge < -0.3 is 20.7 Å². The maximum atomic E-state index is 6.13. The molecule has 33 heavy (non-hydrogen) atoms. The summed E-state index contributed by atoms with van der Waals surface area (Å²) in [5.41, 5.74) is 9.91. The van der Waals surface area contributed by atoms with Gasteiger partial charge in [-0.25, -0.2) is 14.5 Å². The van der Waals surface area contributed by atoms with Gasteiger partial charge in [0.1, 0.15) is 5.82 Å². The van der Waals surface area contributed by atoms with Gasteiger partial charge >= 0.3 is 6.01 Å². The maximum Gasteiger partial charge on any atom is 0.336 e. The molecule has 1 aliphatic rings. The molecule has 1 fully saturated rings. The molecule has 0 amide bonds. The fourth-order valence-corrected chi connectivity index (χ4v) is 4.64. The summed E-state index contributed by atoms with van der Waals surface area (Å²) in [4.78, 5) is 15.9. The molecular weight excluding hydrogens is 416 g/mol. The molecular formula is C24H36N8O. The van der Waals surface area contributed by atoms with E-state index in [1.807, 2.05) is 20.2 Å². The minimum absolute atomic E-state index is 0.0292. The number of aromatic nitrogens is 5. The predicted molar refractivity (Wildman–Crippen MR) is 131 cm³/mol. The number of nitrogen functional groups attached to an aromatic ring is 1. The van der Waals surface area contributed by atoms with Gasteiger partial charge in [-0.05, 0) is 63.7 Å². The number of nitrogens with zero attached hydrogens (tertiary/aromatic N) is 6. The molecule has 1 atom stereocenters. The van der Waals surface area contributed by atoms with Crippen LogP contribution in [-0.2, 0) is 6.42 Å². The van der Waals surface area contributed by atoms with E-state index in [2.05, 4.69) is 45.2 Å². The Labute approximate surface area is 195 Å². The predicted octanol–water partition coefficient (Wildman–Crippen LogP) is 3.00. The molecule has 0 saturated carbocycles. The topological polar surface area (TPSA) is 106 Å². The third kappa shape index (κ3) is 5.35. The van der Waals surface area contributed by atoms with E-state index in [9.17, 15) is 0 Å². The van der Waals surface area contributed by atoms with E-state index in [1.165, 1.54) is 18.4 Å². The average molecular weight is 453 g/mol. The summed E-state index contributed by atoms with van der Waals surface area (Å²) >= 11 is 0. The molecule has 0 spiro atoms. The second-order valence-corrected chi connectivity index (χ2v) is 9.13. The normalized spacial score (nSPS) is 15.8.